The van der Waals surface area contributed by atoms with E-state index in [1.165, 1.54) is 0 Å². The van der Waals surface area contributed by atoms with Crippen LogP contribution < -0.4 is 10.6 Å². The van der Waals surface area contributed by atoms with E-state index in [0.29, 0.717) is 11.5 Å². The van der Waals surface area contributed by atoms with Gasteiger partial charge in [-0.25, -0.2) is 4.79 Å². The lowest BCUT2D eigenvalue weighted by Gasteiger charge is -2.23. The van der Waals surface area contributed by atoms with Crippen molar-refractivity contribution in [1.29, 1.82) is 0 Å². The van der Waals surface area contributed by atoms with Crippen LogP contribution in [0.1, 0.15) is 62.3 Å². The van der Waals surface area contributed by atoms with Gasteiger partial charge in [0.2, 0.25) is 11.8 Å². The van der Waals surface area contributed by atoms with Gasteiger partial charge in [0, 0.05) is 42.5 Å². The molecule has 0 aromatic carbocycles. The summed E-state index contributed by atoms with van der Waals surface area (Å²) in [6.07, 6.45) is 2.26. The number of rotatable bonds is 11. The Kier molecular flexibility index (Phi) is 7.35. The third kappa shape index (κ3) is 7.45. The standard InChI is InChI=1S/C19H30N4O6/c1-2-4-14-5-3-12-22(14)13-16(25)21-10-8-15(24)20-11-9-19(28)29-23-17(26)6-7-18(23)27/h14H,2-13H2,1H3,(H,20,24)(H,21,25)/i1D3,3+1,4+1,5+1,12+1,14+1,19+1. The maximum absolute atomic E-state index is 12.1. The molecule has 4 amide bonds. The van der Waals surface area contributed by atoms with Gasteiger partial charge in [0.25, 0.3) is 11.8 Å². The second kappa shape index (κ2) is 11.5. The molecule has 2 N–H and O–H groups in total. The Balaban J connectivity index is 1.56. The Hall–Kier alpha value is -2.49. The monoisotopic (exact) mass is 419 g/mol. The topological polar surface area (TPSA) is 125 Å². The number of likely N-dealkylation sites (tertiary alicyclic amines) is 1. The summed E-state index contributed by atoms with van der Waals surface area (Å²) in [6, 6.07) is 0.0791. The van der Waals surface area contributed by atoms with Crippen molar-refractivity contribution >= 4 is 29.6 Å². The highest BCUT2D eigenvalue weighted by Crippen LogP contribution is 2.20. The van der Waals surface area contributed by atoms with Gasteiger partial charge in [0.05, 0.1) is 13.0 Å². The molecule has 2 fully saturated rings. The zero-order valence-electron chi connectivity index (χ0n) is 19.4. The predicted octanol–water partition coefficient (Wildman–Crippen LogP) is -0.129. The minimum absolute atomic E-state index is 0.00915. The van der Waals surface area contributed by atoms with Gasteiger partial charge in [-0.1, -0.05) is 13.3 Å². The highest BCUT2D eigenvalue weighted by molar-refractivity contribution is 6.01. The SMILES string of the molecule is [2H]C([2H])([2H])C[13CH2][13CH]1[13CH2][13CH2][13CH2]N1CC(=O)NCCC(=O)NCC[13C](=O)ON1C(=O)CCC1=O. The molecule has 1 unspecified atom stereocenters. The molecular formula is C19H30N4O6. The highest BCUT2D eigenvalue weighted by Gasteiger charge is 2.32. The minimum Gasteiger partial charge on any atom is -0.355 e. The first-order valence-corrected chi connectivity index (χ1v) is 9.89. The van der Waals surface area contributed by atoms with Gasteiger partial charge in [-0.3, -0.25) is 24.1 Å². The summed E-state index contributed by atoms with van der Waals surface area (Å²) in [4.78, 5) is 65.0. The molecule has 0 aromatic rings. The number of carbonyl (C=O) groups excluding carboxylic acids is 5. The van der Waals surface area contributed by atoms with E-state index in [2.05, 4.69) is 15.5 Å². The van der Waals surface area contributed by atoms with Crippen LogP contribution in [-0.2, 0) is 28.8 Å². The fourth-order valence-electron chi connectivity index (χ4n) is 3.35. The first kappa shape index (κ1) is 18.5. The van der Waals surface area contributed by atoms with Crippen molar-refractivity contribution in [2.75, 3.05) is 26.2 Å². The van der Waals surface area contributed by atoms with Crippen LogP contribution in [0.25, 0.3) is 0 Å². The van der Waals surface area contributed by atoms with Crippen LogP contribution in [-0.4, -0.2) is 71.8 Å². The van der Waals surface area contributed by atoms with Crippen molar-refractivity contribution in [3.05, 3.63) is 0 Å². The van der Waals surface area contributed by atoms with Crippen molar-refractivity contribution in [1.82, 2.24) is 20.6 Å². The molecule has 29 heavy (non-hydrogen) atoms. The van der Waals surface area contributed by atoms with Crippen LogP contribution in [0.2, 0.25) is 0 Å². The number of hydrogen-bond donors (Lipinski definition) is 2. The fourth-order valence-corrected chi connectivity index (χ4v) is 3.35. The summed E-state index contributed by atoms with van der Waals surface area (Å²) in [7, 11) is 0. The van der Waals surface area contributed by atoms with Crippen molar-refractivity contribution < 1.29 is 32.9 Å². The molecule has 0 aliphatic carbocycles. The van der Waals surface area contributed by atoms with Crippen LogP contribution in [0.15, 0.2) is 0 Å². The first-order valence-electron chi connectivity index (χ1n) is 11.4. The number of hydroxylamine groups is 2. The van der Waals surface area contributed by atoms with Gasteiger partial charge in [-0.05, 0) is 25.8 Å². The van der Waals surface area contributed by atoms with E-state index in [4.69, 9.17) is 4.11 Å². The van der Waals surface area contributed by atoms with Crippen LogP contribution in [0.5, 0.6) is 0 Å². The van der Waals surface area contributed by atoms with Crippen LogP contribution in [0.4, 0.5) is 0 Å². The third-order valence-corrected chi connectivity index (χ3v) is 4.85. The molecule has 162 valence electrons. The number of carbonyl (C=O) groups is 5. The van der Waals surface area contributed by atoms with Crippen molar-refractivity contribution in [2.24, 2.45) is 0 Å². The number of nitrogens with one attached hydrogen (secondary N) is 2. The van der Waals surface area contributed by atoms with Gasteiger partial charge in [0.15, 0.2) is 0 Å². The Morgan fingerprint density at radius 3 is 2.52 bits per heavy atom. The summed E-state index contributed by atoms with van der Waals surface area (Å²) in [5, 5.41) is 5.62. The number of amides is 4. The lowest BCUT2D eigenvalue weighted by molar-refractivity contribution is -0.197. The van der Waals surface area contributed by atoms with Crippen molar-refractivity contribution in [2.45, 2.75) is 64.3 Å². The van der Waals surface area contributed by atoms with Gasteiger partial charge in [0.1, 0.15) is 0 Å². The molecule has 2 heterocycles. The second-order valence-corrected chi connectivity index (χ2v) is 7.05. The smallest absolute Gasteiger partial charge is 0.334 e. The molecule has 2 rings (SSSR count). The molecule has 10 heteroatoms. The summed E-state index contributed by atoms with van der Waals surface area (Å²) in [5.74, 6) is -2.55. The zero-order valence-corrected chi connectivity index (χ0v) is 16.4. The average molecular weight is 419 g/mol. The molecule has 2 aliphatic heterocycles. The lowest BCUT2D eigenvalue weighted by atomic mass is 10.4. The second-order valence-electron chi connectivity index (χ2n) is 7.05. The average Bonchev–Trinajstić information content (AvgIpc) is 3.27. The van der Waals surface area contributed by atoms with Gasteiger partial charge < -0.3 is 15.5 Å². The van der Waals surface area contributed by atoms with Gasteiger partial charge in [-0.15, -0.1) is 5.06 Å². The van der Waals surface area contributed by atoms with E-state index in [9.17, 15) is 24.0 Å². The quantitative estimate of drug-likeness (QED) is 0.353. The largest absolute Gasteiger partial charge is 0.355 e. The van der Waals surface area contributed by atoms with E-state index in [-0.39, 0.29) is 69.6 Å². The van der Waals surface area contributed by atoms with E-state index in [1.807, 2.05) is 4.90 Å². The van der Waals surface area contributed by atoms with E-state index in [0.717, 1.165) is 19.4 Å². The zero-order chi connectivity index (χ0) is 23.7. The maximum atomic E-state index is 12.1. The molecule has 1 atom stereocenters. The number of nitrogens with zero attached hydrogens (tertiary/aromatic N) is 2. The van der Waals surface area contributed by atoms with E-state index < -0.39 is 24.6 Å². The molecular weight excluding hydrogens is 386 g/mol. The summed E-state index contributed by atoms with van der Waals surface area (Å²) >= 11 is 0. The number of hydrogen-bond acceptors (Lipinski definition) is 7. The van der Waals surface area contributed by atoms with Gasteiger partial charge in [-0.2, -0.15) is 0 Å². The summed E-state index contributed by atoms with van der Waals surface area (Å²) < 4.78 is 21.9. The Morgan fingerprint density at radius 2 is 1.79 bits per heavy atom. The van der Waals surface area contributed by atoms with Crippen molar-refractivity contribution in [3.63, 3.8) is 0 Å². The Bertz CT molecular complexity index is 714. The molecule has 0 bridgehead atoms. The fraction of sp³-hybridized carbons (Fsp3) is 0.737. The van der Waals surface area contributed by atoms with Crippen molar-refractivity contribution in [3.8, 4) is 0 Å². The summed E-state index contributed by atoms with van der Waals surface area (Å²) in [5.41, 5.74) is 0. The number of imide groups is 1. The third-order valence-electron chi connectivity index (χ3n) is 4.85. The first-order chi connectivity index (χ1) is 15.0. The molecule has 0 radical (unpaired) electrons. The van der Waals surface area contributed by atoms with Crippen LogP contribution in [0, 0.1) is 0 Å². The maximum Gasteiger partial charge on any atom is 0.334 e. The minimum atomic E-state index is -1.97. The molecule has 0 saturated carbocycles. The van der Waals surface area contributed by atoms with Crippen LogP contribution >= 0.6 is 0 Å². The normalized spacial score (nSPS) is 21.4. The molecule has 10 nitrogen and oxygen atoms in total. The highest BCUT2D eigenvalue weighted by atomic mass is 16.8. The van der Waals surface area contributed by atoms with E-state index in [1.54, 1.807) is 0 Å². The Labute approximate surface area is 174 Å². The van der Waals surface area contributed by atoms with E-state index >= 15 is 0 Å². The van der Waals surface area contributed by atoms with Crippen LogP contribution in [0.3, 0.4) is 0 Å². The predicted molar refractivity (Wildman–Crippen MR) is 102 cm³/mol. The summed E-state index contributed by atoms with van der Waals surface area (Å²) in [6.45, 7) is -0.971. The molecule has 0 aromatic heterocycles. The Morgan fingerprint density at radius 1 is 1.10 bits per heavy atom. The van der Waals surface area contributed by atoms with Gasteiger partial charge >= 0.3 is 5.97 Å². The molecule has 2 aliphatic rings. The lowest BCUT2D eigenvalue weighted by Crippen LogP contribution is -2.41. The molecule has 0 spiro atoms. The molecule has 2 saturated heterocycles.